The van der Waals surface area contributed by atoms with Crippen molar-refractivity contribution >= 4 is 35.3 Å². The van der Waals surface area contributed by atoms with Crippen molar-refractivity contribution in [1.82, 2.24) is 15.0 Å². The molecule has 7 heteroatoms. The van der Waals surface area contributed by atoms with Gasteiger partial charge in [-0.15, -0.1) is 0 Å². The quantitative estimate of drug-likeness (QED) is 0.859. The van der Waals surface area contributed by atoms with E-state index in [1.54, 1.807) is 0 Å². The highest BCUT2D eigenvalue weighted by Gasteiger charge is 2.35. The molecule has 2 rings (SSSR count). The summed E-state index contributed by atoms with van der Waals surface area (Å²) in [6.45, 7) is 0.841. The minimum Gasteiger partial charge on any atom is -0.368 e. The van der Waals surface area contributed by atoms with E-state index >= 15 is 0 Å². The van der Waals surface area contributed by atoms with Gasteiger partial charge in [-0.1, -0.05) is 6.42 Å². The predicted molar refractivity (Wildman–Crippen MR) is 67.8 cm³/mol. The fraction of sp³-hybridized carbons (Fsp3) is 0.667. The number of nitrogens with two attached hydrogens (primary N) is 1. The molecule has 3 N–H and O–H groups in total. The Morgan fingerprint density at radius 2 is 2.19 bits per heavy atom. The Kier molecular flexibility index (Phi) is 3.39. The zero-order valence-corrected chi connectivity index (χ0v) is 10.6. The van der Waals surface area contributed by atoms with Crippen LogP contribution in [0.4, 0.5) is 11.9 Å². The second-order valence-corrected chi connectivity index (χ2v) is 5.49. The van der Waals surface area contributed by atoms with Gasteiger partial charge in [-0.3, -0.25) is 0 Å². The maximum atomic E-state index is 5.69. The van der Waals surface area contributed by atoms with Crippen LogP contribution >= 0.6 is 23.4 Å². The Morgan fingerprint density at radius 3 is 2.69 bits per heavy atom. The van der Waals surface area contributed by atoms with E-state index in [-0.39, 0.29) is 11.2 Å². The van der Waals surface area contributed by atoms with Crippen molar-refractivity contribution in [3.63, 3.8) is 0 Å². The molecule has 0 aromatic carbocycles. The molecule has 1 aromatic rings. The highest BCUT2D eigenvalue weighted by molar-refractivity contribution is 8.00. The summed E-state index contributed by atoms with van der Waals surface area (Å²) in [4.78, 5) is 11.7. The zero-order chi connectivity index (χ0) is 11.6. The molecule has 0 saturated heterocycles. The van der Waals surface area contributed by atoms with Crippen molar-refractivity contribution in [3.8, 4) is 0 Å². The van der Waals surface area contributed by atoms with Gasteiger partial charge in [0.05, 0.1) is 0 Å². The lowest BCUT2D eigenvalue weighted by Gasteiger charge is -2.40. The first-order chi connectivity index (χ1) is 7.63. The molecule has 0 unspecified atom stereocenters. The smallest absolute Gasteiger partial charge is 0.228 e. The van der Waals surface area contributed by atoms with Crippen LogP contribution in [0.15, 0.2) is 0 Å². The average molecular weight is 260 g/mol. The molecule has 0 bridgehead atoms. The zero-order valence-electron chi connectivity index (χ0n) is 9.03. The monoisotopic (exact) mass is 259 g/mol. The maximum absolute atomic E-state index is 5.69. The van der Waals surface area contributed by atoms with E-state index in [4.69, 9.17) is 17.3 Å². The number of anilines is 2. The molecule has 0 amide bonds. The van der Waals surface area contributed by atoms with Gasteiger partial charge in [0.2, 0.25) is 17.2 Å². The number of halogens is 1. The van der Waals surface area contributed by atoms with Gasteiger partial charge in [0.1, 0.15) is 0 Å². The Hall–Kier alpha value is -0.750. The van der Waals surface area contributed by atoms with Crippen LogP contribution in [0.5, 0.6) is 0 Å². The molecule has 5 nitrogen and oxygen atoms in total. The van der Waals surface area contributed by atoms with Crippen LogP contribution in [-0.2, 0) is 0 Å². The molecule has 0 spiro atoms. The van der Waals surface area contributed by atoms with Crippen LogP contribution in [0, 0.1) is 0 Å². The first kappa shape index (κ1) is 11.7. The Balaban J connectivity index is 1.98. The Bertz CT molecular complexity index is 356. The van der Waals surface area contributed by atoms with Gasteiger partial charge in [0.15, 0.2) is 0 Å². The van der Waals surface area contributed by atoms with Gasteiger partial charge in [0.25, 0.3) is 0 Å². The number of nitrogens with zero attached hydrogens (tertiary/aromatic N) is 3. The van der Waals surface area contributed by atoms with Gasteiger partial charge in [-0.05, 0) is 30.7 Å². The third kappa shape index (κ3) is 2.49. The highest BCUT2D eigenvalue weighted by Crippen LogP contribution is 2.42. The molecular formula is C9H14ClN5S. The van der Waals surface area contributed by atoms with Crippen molar-refractivity contribution < 1.29 is 0 Å². The molecule has 16 heavy (non-hydrogen) atoms. The second kappa shape index (κ2) is 4.63. The van der Waals surface area contributed by atoms with Crippen molar-refractivity contribution in [2.24, 2.45) is 0 Å². The van der Waals surface area contributed by atoms with E-state index < -0.39 is 0 Å². The van der Waals surface area contributed by atoms with Gasteiger partial charge in [-0.2, -0.15) is 26.7 Å². The molecule has 1 aliphatic rings. The number of aromatic nitrogens is 3. The molecule has 0 radical (unpaired) electrons. The summed E-state index contributed by atoms with van der Waals surface area (Å²) in [5.41, 5.74) is 5.49. The van der Waals surface area contributed by atoms with Crippen LogP contribution in [0.2, 0.25) is 5.28 Å². The van der Waals surface area contributed by atoms with Crippen LogP contribution in [0.3, 0.4) is 0 Å². The van der Waals surface area contributed by atoms with Crippen molar-refractivity contribution in [2.75, 3.05) is 23.9 Å². The molecule has 1 aromatic heterocycles. The average Bonchev–Trinajstić information content (AvgIpc) is 2.15. The van der Waals surface area contributed by atoms with E-state index in [0.717, 1.165) is 6.54 Å². The van der Waals surface area contributed by atoms with Crippen LogP contribution in [0.1, 0.15) is 19.3 Å². The summed E-state index contributed by atoms with van der Waals surface area (Å²) in [5.74, 6) is 0.604. The van der Waals surface area contributed by atoms with Crippen molar-refractivity contribution in [1.29, 1.82) is 0 Å². The van der Waals surface area contributed by atoms with Gasteiger partial charge < -0.3 is 11.1 Å². The third-order valence-corrected chi connectivity index (χ3v) is 4.48. The summed E-state index contributed by atoms with van der Waals surface area (Å²) < 4.78 is 0.327. The summed E-state index contributed by atoms with van der Waals surface area (Å²) in [7, 11) is 0. The van der Waals surface area contributed by atoms with E-state index in [2.05, 4.69) is 26.5 Å². The molecule has 0 atom stereocenters. The molecule has 0 aliphatic heterocycles. The van der Waals surface area contributed by atoms with Gasteiger partial charge >= 0.3 is 0 Å². The fourth-order valence-corrected chi connectivity index (χ4v) is 2.79. The van der Waals surface area contributed by atoms with E-state index in [1.807, 2.05) is 11.8 Å². The van der Waals surface area contributed by atoms with E-state index in [1.165, 1.54) is 19.3 Å². The minimum atomic E-state index is 0.127. The molecule has 1 fully saturated rings. The van der Waals surface area contributed by atoms with Crippen molar-refractivity contribution in [3.05, 3.63) is 5.28 Å². The molecule has 1 saturated carbocycles. The Morgan fingerprint density at radius 1 is 1.44 bits per heavy atom. The highest BCUT2D eigenvalue weighted by atomic mass is 35.5. The normalized spacial score (nSPS) is 17.9. The van der Waals surface area contributed by atoms with Crippen LogP contribution in [0.25, 0.3) is 0 Å². The lowest BCUT2D eigenvalue weighted by Crippen LogP contribution is -2.40. The summed E-state index contributed by atoms with van der Waals surface area (Å²) in [5, 5.41) is 3.30. The number of nitrogens with one attached hydrogen (secondary N) is 1. The molecule has 1 aliphatic carbocycles. The van der Waals surface area contributed by atoms with Gasteiger partial charge in [0, 0.05) is 11.3 Å². The summed E-state index contributed by atoms with van der Waals surface area (Å²) in [6, 6.07) is 0. The first-order valence-corrected chi connectivity index (χ1v) is 6.70. The largest absolute Gasteiger partial charge is 0.368 e. The standard InChI is InChI=1S/C9H14ClN5S/c1-16-9(3-2-4-9)5-12-8-14-6(10)13-7(11)15-8/h2-5H2,1H3,(H3,11,12,13,14,15). The predicted octanol–water partition coefficient (Wildman–Crippen LogP) is 1.80. The lowest BCUT2D eigenvalue weighted by molar-refractivity contribution is 0.379. The SMILES string of the molecule is CSC1(CNc2nc(N)nc(Cl)n2)CCC1. The van der Waals surface area contributed by atoms with Crippen molar-refractivity contribution in [2.45, 2.75) is 24.0 Å². The van der Waals surface area contributed by atoms with Crippen LogP contribution < -0.4 is 11.1 Å². The number of rotatable bonds is 4. The lowest BCUT2D eigenvalue weighted by atomic mass is 9.84. The summed E-state index contributed by atoms with van der Waals surface area (Å²) in [6.07, 6.45) is 5.89. The van der Waals surface area contributed by atoms with Crippen LogP contribution in [-0.4, -0.2) is 32.5 Å². The number of hydrogen-bond donors (Lipinski definition) is 2. The molecule has 1 heterocycles. The number of nitrogen functional groups attached to an aromatic ring is 1. The number of thioether (sulfide) groups is 1. The van der Waals surface area contributed by atoms with Gasteiger partial charge in [-0.25, -0.2) is 0 Å². The van der Waals surface area contributed by atoms with E-state index in [0.29, 0.717) is 10.7 Å². The second-order valence-electron chi connectivity index (χ2n) is 3.88. The van der Waals surface area contributed by atoms with E-state index in [9.17, 15) is 0 Å². The topological polar surface area (TPSA) is 76.7 Å². The molecular weight excluding hydrogens is 246 g/mol. The molecule has 88 valence electrons. The first-order valence-electron chi connectivity index (χ1n) is 5.10. The maximum Gasteiger partial charge on any atom is 0.228 e. The fourth-order valence-electron chi connectivity index (χ4n) is 1.71. The summed E-state index contributed by atoms with van der Waals surface area (Å²) >= 11 is 7.58. The third-order valence-electron chi connectivity index (χ3n) is 2.89. The Labute approximate surface area is 104 Å². The number of hydrogen-bond acceptors (Lipinski definition) is 6. The minimum absolute atomic E-state index is 0.127.